The van der Waals surface area contributed by atoms with Crippen LogP contribution in [0.2, 0.25) is 0 Å². The normalized spacial score (nSPS) is 10.6. The Morgan fingerprint density at radius 3 is 2.43 bits per heavy atom. The molecule has 6 nitrogen and oxygen atoms in total. The minimum atomic E-state index is -0.240. The van der Waals surface area contributed by atoms with Gasteiger partial charge in [0.1, 0.15) is 5.01 Å². The second-order valence-electron chi connectivity index (χ2n) is 5.57. The molecule has 0 aliphatic rings. The molecule has 2 N–H and O–H groups in total. The number of carbonyl (C=O) groups excluding carboxylic acids is 2. The van der Waals surface area contributed by atoms with Gasteiger partial charge in [-0.05, 0) is 24.6 Å². The summed E-state index contributed by atoms with van der Waals surface area (Å²) in [5.74, 6) is -0.153. The Balaban J connectivity index is 1.78. The van der Waals surface area contributed by atoms with Crippen molar-refractivity contribution in [2.45, 2.75) is 39.5 Å². The predicted molar refractivity (Wildman–Crippen MR) is 91.7 cm³/mol. The lowest BCUT2D eigenvalue weighted by Crippen LogP contribution is -2.17. The zero-order valence-electron chi connectivity index (χ0n) is 13.4. The molecule has 23 heavy (non-hydrogen) atoms. The van der Waals surface area contributed by atoms with Gasteiger partial charge < -0.3 is 10.6 Å². The molecule has 0 aliphatic heterocycles. The number of anilines is 2. The Labute approximate surface area is 139 Å². The third-order valence-electron chi connectivity index (χ3n) is 3.06. The molecule has 122 valence electrons. The summed E-state index contributed by atoms with van der Waals surface area (Å²) in [4.78, 5) is 23.7. The number of hydrogen-bond acceptors (Lipinski definition) is 5. The molecule has 0 saturated carbocycles. The highest BCUT2D eigenvalue weighted by Gasteiger charge is 2.12. The molecule has 0 bridgehead atoms. The first kappa shape index (κ1) is 17.1. The van der Waals surface area contributed by atoms with Gasteiger partial charge in [-0.3, -0.25) is 9.59 Å². The third-order valence-corrected chi connectivity index (χ3v) is 4.20. The molecule has 2 aromatic rings. The van der Waals surface area contributed by atoms with Crippen molar-refractivity contribution in [3.05, 3.63) is 34.8 Å². The summed E-state index contributed by atoms with van der Waals surface area (Å²) in [5.41, 5.74) is 1.80. The fourth-order valence-electron chi connectivity index (χ4n) is 1.87. The molecule has 0 unspecified atom stereocenters. The molecule has 7 heteroatoms. The van der Waals surface area contributed by atoms with Gasteiger partial charge in [-0.25, -0.2) is 0 Å². The first-order valence-electron chi connectivity index (χ1n) is 7.44. The van der Waals surface area contributed by atoms with E-state index in [0.717, 1.165) is 16.3 Å². The highest BCUT2D eigenvalue weighted by atomic mass is 32.1. The van der Waals surface area contributed by atoms with Crippen molar-refractivity contribution < 1.29 is 9.59 Å². The van der Waals surface area contributed by atoms with E-state index in [1.807, 2.05) is 45.0 Å². The van der Waals surface area contributed by atoms with Crippen molar-refractivity contribution >= 4 is 34.0 Å². The van der Waals surface area contributed by atoms with Crippen molar-refractivity contribution in [2.24, 2.45) is 0 Å². The Hall–Kier alpha value is -2.28. The van der Waals surface area contributed by atoms with Gasteiger partial charge in [0.15, 0.2) is 0 Å². The minimum Gasteiger partial charge on any atom is -0.326 e. The van der Waals surface area contributed by atoms with E-state index < -0.39 is 0 Å². The lowest BCUT2D eigenvalue weighted by Gasteiger charge is -2.05. The molecule has 0 radical (unpaired) electrons. The maximum absolute atomic E-state index is 11.9. The molecular weight excluding hydrogens is 312 g/mol. The molecular formula is C16H20N4O2S. The van der Waals surface area contributed by atoms with Gasteiger partial charge in [-0.1, -0.05) is 37.3 Å². The number of nitrogens with one attached hydrogen (secondary N) is 2. The molecule has 2 rings (SSSR count). The fraction of sp³-hybridized carbons (Fsp3) is 0.375. The summed E-state index contributed by atoms with van der Waals surface area (Å²) < 4.78 is 0. The average Bonchev–Trinajstić information content (AvgIpc) is 2.94. The summed E-state index contributed by atoms with van der Waals surface area (Å²) in [7, 11) is 0. The van der Waals surface area contributed by atoms with Crippen molar-refractivity contribution in [1.29, 1.82) is 0 Å². The van der Waals surface area contributed by atoms with Crippen LogP contribution in [0.15, 0.2) is 24.3 Å². The van der Waals surface area contributed by atoms with E-state index in [4.69, 9.17) is 0 Å². The molecule has 0 saturated heterocycles. The number of rotatable bonds is 6. The monoisotopic (exact) mass is 332 g/mol. The Morgan fingerprint density at radius 2 is 1.83 bits per heavy atom. The molecule has 2 amide bonds. The van der Waals surface area contributed by atoms with E-state index in [2.05, 4.69) is 20.8 Å². The number of amides is 2. The Bertz CT molecular complexity index is 697. The molecule has 1 heterocycles. The number of aromatic nitrogens is 2. The van der Waals surface area contributed by atoms with E-state index in [0.29, 0.717) is 5.13 Å². The number of hydrogen-bond donors (Lipinski definition) is 2. The largest absolute Gasteiger partial charge is 0.326 e. The summed E-state index contributed by atoms with van der Waals surface area (Å²) >= 11 is 1.35. The maximum Gasteiger partial charge on any atom is 0.226 e. The molecule has 1 aromatic carbocycles. The van der Waals surface area contributed by atoms with Crippen LogP contribution in [0.3, 0.4) is 0 Å². The van der Waals surface area contributed by atoms with Crippen LogP contribution in [0.4, 0.5) is 10.8 Å². The highest BCUT2D eigenvalue weighted by molar-refractivity contribution is 7.15. The number of aryl methyl sites for hydroxylation is 1. The standard InChI is InChI=1S/C16H20N4O2S/c1-10(2)15-19-20-16(23-15)18-14(22)8-7-13(21)17-12-6-4-5-11(3)9-12/h4-6,9-10H,7-8H2,1-3H3,(H,17,21)(H,18,20,22). The zero-order valence-corrected chi connectivity index (χ0v) is 14.2. The Kier molecular flexibility index (Phi) is 5.81. The van der Waals surface area contributed by atoms with Crippen LogP contribution < -0.4 is 10.6 Å². The minimum absolute atomic E-state index is 0.105. The van der Waals surface area contributed by atoms with Crippen molar-refractivity contribution in [3.8, 4) is 0 Å². The quantitative estimate of drug-likeness (QED) is 0.850. The van der Waals surface area contributed by atoms with Crippen molar-refractivity contribution in [1.82, 2.24) is 10.2 Å². The smallest absolute Gasteiger partial charge is 0.226 e. The fourth-order valence-corrected chi connectivity index (χ4v) is 2.64. The second-order valence-corrected chi connectivity index (χ2v) is 6.58. The average molecular weight is 332 g/mol. The summed E-state index contributed by atoms with van der Waals surface area (Å²) in [5, 5.41) is 14.7. The SMILES string of the molecule is Cc1cccc(NC(=O)CCC(=O)Nc2nnc(C(C)C)s2)c1. The summed E-state index contributed by atoms with van der Waals surface area (Å²) in [6.45, 7) is 5.99. The summed E-state index contributed by atoms with van der Waals surface area (Å²) in [6.07, 6.45) is 0.226. The van der Waals surface area contributed by atoms with Gasteiger partial charge in [-0.2, -0.15) is 0 Å². The topological polar surface area (TPSA) is 84.0 Å². The maximum atomic E-state index is 11.9. The second kappa shape index (κ2) is 7.82. The van der Waals surface area contributed by atoms with Gasteiger partial charge in [0, 0.05) is 24.4 Å². The summed E-state index contributed by atoms with van der Waals surface area (Å²) in [6, 6.07) is 7.53. The van der Waals surface area contributed by atoms with Crippen molar-refractivity contribution in [2.75, 3.05) is 10.6 Å². The number of nitrogens with zero attached hydrogens (tertiary/aromatic N) is 2. The van der Waals surface area contributed by atoms with Crippen molar-refractivity contribution in [3.63, 3.8) is 0 Å². The van der Waals surface area contributed by atoms with E-state index in [-0.39, 0.29) is 30.6 Å². The van der Waals surface area contributed by atoms with E-state index >= 15 is 0 Å². The molecule has 0 spiro atoms. The van der Waals surface area contributed by atoms with Gasteiger partial charge >= 0.3 is 0 Å². The number of carbonyl (C=O) groups is 2. The van der Waals surface area contributed by atoms with Crippen LogP contribution in [0.5, 0.6) is 0 Å². The molecule has 0 fully saturated rings. The van der Waals surface area contributed by atoms with Gasteiger partial charge in [0.05, 0.1) is 0 Å². The molecule has 1 aromatic heterocycles. The first-order chi connectivity index (χ1) is 10.9. The number of benzene rings is 1. The highest BCUT2D eigenvalue weighted by Crippen LogP contribution is 2.22. The van der Waals surface area contributed by atoms with E-state index in [1.54, 1.807) is 0 Å². The lowest BCUT2D eigenvalue weighted by molar-refractivity contribution is -0.121. The first-order valence-corrected chi connectivity index (χ1v) is 8.25. The van der Waals surface area contributed by atoms with Gasteiger partial charge in [0.2, 0.25) is 16.9 Å². The van der Waals surface area contributed by atoms with Crippen LogP contribution >= 0.6 is 11.3 Å². The van der Waals surface area contributed by atoms with E-state index in [1.165, 1.54) is 11.3 Å². The van der Waals surface area contributed by atoms with Crippen LogP contribution in [0.25, 0.3) is 0 Å². The van der Waals surface area contributed by atoms with Crippen LogP contribution in [0.1, 0.15) is 43.2 Å². The van der Waals surface area contributed by atoms with Crippen LogP contribution in [-0.2, 0) is 9.59 Å². The van der Waals surface area contributed by atoms with Crippen LogP contribution in [-0.4, -0.2) is 22.0 Å². The Morgan fingerprint density at radius 1 is 1.13 bits per heavy atom. The lowest BCUT2D eigenvalue weighted by atomic mass is 10.2. The predicted octanol–water partition coefficient (Wildman–Crippen LogP) is 3.33. The zero-order chi connectivity index (χ0) is 16.8. The van der Waals surface area contributed by atoms with Gasteiger partial charge in [-0.15, -0.1) is 10.2 Å². The van der Waals surface area contributed by atoms with Crippen LogP contribution in [0, 0.1) is 6.92 Å². The van der Waals surface area contributed by atoms with Gasteiger partial charge in [0.25, 0.3) is 0 Å². The molecule has 0 atom stereocenters. The third kappa shape index (κ3) is 5.45. The molecule has 0 aliphatic carbocycles. The van der Waals surface area contributed by atoms with E-state index in [9.17, 15) is 9.59 Å².